The molecule has 3 rings (SSSR count). The lowest BCUT2D eigenvalue weighted by atomic mass is 9.84. The molecular formula is C25H31N3O5S. The molecule has 0 saturated carbocycles. The van der Waals surface area contributed by atoms with Gasteiger partial charge in [0.05, 0.1) is 13.4 Å². The first-order chi connectivity index (χ1) is 15.8. The first-order valence-electron chi connectivity index (χ1n) is 10.9. The maximum atomic E-state index is 12.5. The standard InChI is InChI=1S/C25H31N3O5S/c1-16(17-7-9-19(10-8-17)27-34(6,31)32)13-18-14-20(28-12-11-22(29)26-24(28)30)15-21(23(18)33-5)25(2,3)4/h7-10,13-15,27H,11-12H2,1-6H3,(H,26,29,30)/b16-13-. The number of anilines is 2. The van der Waals surface area contributed by atoms with Crippen LogP contribution in [0.15, 0.2) is 36.4 Å². The van der Waals surface area contributed by atoms with Gasteiger partial charge >= 0.3 is 6.03 Å². The number of carbonyl (C=O) groups excluding carboxylic acids is 2. The zero-order valence-corrected chi connectivity index (χ0v) is 21.2. The van der Waals surface area contributed by atoms with Crippen LogP contribution in [0, 0.1) is 0 Å². The van der Waals surface area contributed by atoms with Crippen LogP contribution in [0.25, 0.3) is 11.6 Å². The maximum absolute atomic E-state index is 12.5. The second-order valence-electron chi connectivity index (χ2n) is 9.40. The molecule has 0 aliphatic carbocycles. The van der Waals surface area contributed by atoms with E-state index in [0.717, 1.165) is 28.5 Å². The van der Waals surface area contributed by atoms with Crippen molar-refractivity contribution in [3.63, 3.8) is 0 Å². The van der Waals surface area contributed by atoms with Crippen LogP contribution in [-0.4, -0.2) is 40.3 Å². The van der Waals surface area contributed by atoms with E-state index in [9.17, 15) is 18.0 Å². The van der Waals surface area contributed by atoms with Gasteiger partial charge in [0.15, 0.2) is 0 Å². The molecule has 34 heavy (non-hydrogen) atoms. The van der Waals surface area contributed by atoms with E-state index in [1.165, 1.54) is 0 Å². The van der Waals surface area contributed by atoms with E-state index in [-0.39, 0.29) is 17.7 Å². The minimum atomic E-state index is -3.35. The Bertz CT molecular complexity index is 1240. The van der Waals surface area contributed by atoms with E-state index in [4.69, 9.17) is 4.74 Å². The summed E-state index contributed by atoms with van der Waals surface area (Å²) in [5.74, 6) is 0.426. The molecule has 1 heterocycles. The second kappa shape index (κ2) is 9.50. The molecular weight excluding hydrogens is 454 g/mol. The van der Waals surface area contributed by atoms with Crippen molar-refractivity contribution in [3.8, 4) is 5.75 Å². The van der Waals surface area contributed by atoms with Crippen molar-refractivity contribution in [1.29, 1.82) is 0 Å². The van der Waals surface area contributed by atoms with E-state index in [2.05, 4.69) is 30.8 Å². The molecule has 0 radical (unpaired) electrons. The van der Waals surface area contributed by atoms with Crippen molar-refractivity contribution < 1.29 is 22.7 Å². The van der Waals surface area contributed by atoms with Crippen molar-refractivity contribution in [2.75, 3.05) is 29.5 Å². The largest absolute Gasteiger partial charge is 0.496 e. The van der Waals surface area contributed by atoms with Gasteiger partial charge in [-0.05, 0) is 53.8 Å². The van der Waals surface area contributed by atoms with Gasteiger partial charge in [0.1, 0.15) is 5.75 Å². The van der Waals surface area contributed by atoms with Crippen LogP contribution in [0.2, 0.25) is 0 Å². The van der Waals surface area contributed by atoms with Gasteiger partial charge < -0.3 is 4.74 Å². The molecule has 8 nitrogen and oxygen atoms in total. The van der Waals surface area contributed by atoms with Crippen LogP contribution >= 0.6 is 0 Å². The molecule has 0 spiro atoms. The topological polar surface area (TPSA) is 105 Å². The number of amides is 3. The van der Waals surface area contributed by atoms with Gasteiger partial charge in [-0.25, -0.2) is 13.2 Å². The maximum Gasteiger partial charge on any atom is 0.328 e. The zero-order valence-electron chi connectivity index (χ0n) is 20.4. The van der Waals surface area contributed by atoms with Crippen LogP contribution in [0.5, 0.6) is 5.75 Å². The lowest BCUT2D eigenvalue weighted by molar-refractivity contribution is -0.120. The molecule has 2 aromatic rings. The zero-order chi connectivity index (χ0) is 25.3. The predicted octanol–water partition coefficient (Wildman–Crippen LogP) is 4.37. The third-order valence-corrected chi connectivity index (χ3v) is 6.10. The molecule has 1 saturated heterocycles. The van der Waals surface area contributed by atoms with Gasteiger partial charge in [0.25, 0.3) is 0 Å². The Morgan fingerprint density at radius 1 is 1.15 bits per heavy atom. The molecule has 1 aliphatic heterocycles. The molecule has 0 aromatic heterocycles. The molecule has 2 aromatic carbocycles. The molecule has 0 atom stereocenters. The number of imide groups is 1. The Labute approximate surface area is 201 Å². The fraction of sp³-hybridized carbons (Fsp3) is 0.360. The average molecular weight is 486 g/mol. The molecule has 182 valence electrons. The highest BCUT2D eigenvalue weighted by Gasteiger charge is 2.28. The summed E-state index contributed by atoms with van der Waals surface area (Å²) in [5.41, 5.74) is 4.47. The van der Waals surface area contributed by atoms with Gasteiger partial charge in [-0.3, -0.25) is 19.7 Å². The highest BCUT2D eigenvalue weighted by molar-refractivity contribution is 7.92. The highest BCUT2D eigenvalue weighted by atomic mass is 32.2. The summed E-state index contributed by atoms with van der Waals surface area (Å²) in [7, 11) is -1.73. The number of methoxy groups -OCH3 is 1. The van der Waals surface area contributed by atoms with Gasteiger partial charge in [0.2, 0.25) is 15.9 Å². The number of benzene rings is 2. The van der Waals surface area contributed by atoms with Crippen molar-refractivity contribution in [3.05, 3.63) is 53.1 Å². The Morgan fingerprint density at radius 3 is 2.32 bits per heavy atom. The Morgan fingerprint density at radius 2 is 1.79 bits per heavy atom. The Kier molecular flexibility index (Phi) is 7.07. The molecule has 2 N–H and O–H groups in total. The van der Waals surface area contributed by atoms with Gasteiger partial charge in [-0.1, -0.05) is 32.9 Å². The number of ether oxygens (including phenoxy) is 1. The van der Waals surface area contributed by atoms with E-state index in [1.807, 2.05) is 37.3 Å². The van der Waals surface area contributed by atoms with Gasteiger partial charge in [0, 0.05) is 35.5 Å². The number of nitrogens with one attached hydrogen (secondary N) is 2. The summed E-state index contributed by atoms with van der Waals surface area (Å²) in [6.45, 7) is 8.47. The number of urea groups is 1. The van der Waals surface area contributed by atoms with Crippen molar-refractivity contribution in [2.45, 2.75) is 39.5 Å². The first kappa shape index (κ1) is 25.3. The highest BCUT2D eigenvalue weighted by Crippen LogP contribution is 2.39. The van der Waals surface area contributed by atoms with Crippen LogP contribution in [-0.2, 0) is 20.2 Å². The number of carbonyl (C=O) groups is 2. The molecule has 0 bridgehead atoms. The summed E-state index contributed by atoms with van der Waals surface area (Å²) in [5, 5.41) is 2.37. The average Bonchev–Trinajstić information content (AvgIpc) is 2.72. The summed E-state index contributed by atoms with van der Waals surface area (Å²) in [6.07, 6.45) is 3.32. The molecule has 0 unspecified atom stereocenters. The first-order valence-corrected chi connectivity index (χ1v) is 12.8. The quantitative estimate of drug-likeness (QED) is 0.591. The van der Waals surface area contributed by atoms with Crippen molar-refractivity contribution in [1.82, 2.24) is 5.32 Å². The molecule has 3 amide bonds. The Hall–Kier alpha value is -3.33. The van der Waals surface area contributed by atoms with E-state index in [0.29, 0.717) is 23.7 Å². The summed E-state index contributed by atoms with van der Waals surface area (Å²) < 4.78 is 31.2. The monoisotopic (exact) mass is 485 g/mol. The van der Waals surface area contributed by atoms with Crippen molar-refractivity contribution in [2.24, 2.45) is 0 Å². The number of sulfonamides is 1. The van der Waals surface area contributed by atoms with E-state index >= 15 is 0 Å². The number of nitrogens with zero attached hydrogens (tertiary/aromatic N) is 1. The SMILES string of the molecule is COc1c(/C=C(/C)c2ccc(NS(C)(=O)=O)cc2)cc(N2CCC(=O)NC2=O)cc1C(C)(C)C. The number of hydrogen-bond acceptors (Lipinski definition) is 5. The lowest BCUT2D eigenvalue weighted by Crippen LogP contribution is -2.49. The normalized spacial score (nSPS) is 15.2. The summed E-state index contributed by atoms with van der Waals surface area (Å²) in [6, 6.07) is 10.5. The minimum Gasteiger partial charge on any atom is -0.496 e. The van der Waals surface area contributed by atoms with Crippen LogP contribution in [0.3, 0.4) is 0 Å². The Balaban J connectivity index is 2.07. The van der Waals surface area contributed by atoms with Crippen LogP contribution < -0.4 is 19.7 Å². The third-order valence-electron chi connectivity index (χ3n) is 5.50. The molecule has 1 aliphatic rings. The second-order valence-corrected chi connectivity index (χ2v) is 11.1. The molecule has 9 heteroatoms. The van der Waals surface area contributed by atoms with E-state index in [1.54, 1.807) is 24.1 Å². The van der Waals surface area contributed by atoms with Gasteiger partial charge in [-0.15, -0.1) is 0 Å². The summed E-state index contributed by atoms with van der Waals surface area (Å²) >= 11 is 0. The third kappa shape index (κ3) is 5.96. The fourth-order valence-electron chi connectivity index (χ4n) is 3.83. The predicted molar refractivity (Wildman–Crippen MR) is 136 cm³/mol. The lowest BCUT2D eigenvalue weighted by Gasteiger charge is -2.30. The smallest absolute Gasteiger partial charge is 0.328 e. The number of rotatable bonds is 6. The van der Waals surface area contributed by atoms with Gasteiger partial charge in [-0.2, -0.15) is 0 Å². The number of allylic oxidation sites excluding steroid dienone is 1. The summed E-state index contributed by atoms with van der Waals surface area (Å²) in [4.78, 5) is 25.7. The fourth-order valence-corrected chi connectivity index (χ4v) is 4.39. The van der Waals surface area contributed by atoms with E-state index < -0.39 is 16.1 Å². The molecule has 1 fully saturated rings. The number of hydrogen-bond donors (Lipinski definition) is 2. The van der Waals surface area contributed by atoms with Crippen molar-refractivity contribution >= 4 is 45.0 Å². The van der Waals surface area contributed by atoms with Crippen LogP contribution in [0.1, 0.15) is 50.8 Å². The van der Waals surface area contributed by atoms with Crippen LogP contribution in [0.4, 0.5) is 16.2 Å². The minimum absolute atomic E-state index is 0.237.